The van der Waals surface area contributed by atoms with Crippen LogP contribution in [0.3, 0.4) is 0 Å². The maximum Gasteiger partial charge on any atom is 0.412 e. The molecule has 7 heteroatoms. The molecule has 0 fully saturated rings. The lowest BCUT2D eigenvalue weighted by Gasteiger charge is -2.17. The molecule has 1 heterocycles. The van der Waals surface area contributed by atoms with Gasteiger partial charge in [0.15, 0.2) is 0 Å². The summed E-state index contributed by atoms with van der Waals surface area (Å²) < 4.78 is 42.0. The topological polar surface area (TPSA) is 55.1 Å². The van der Waals surface area contributed by atoms with Gasteiger partial charge in [0.05, 0.1) is 6.20 Å². The van der Waals surface area contributed by atoms with E-state index in [1.54, 1.807) is 6.92 Å². The van der Waals surface area contributed by atoms with E-state index in [0.717, 1.165) is 6.08 Å². The van der Waals surface area contributed by atoms with Gasteiger partial charge in [0.1, 0.15) is 11.3 Å². The van der Waals surface area contributed by atoms with Crippen molar-refractivity contribution in [1.29, 1.82) is 0 Å². The molecule has 0 unspecified atom stereocenters. The zero-order chi connectivity index (χ0) is 14.0. The highest BCUT2D eigenvalue weighted by Crippen LogP contribution is 2.32. The fraction of sp³-hybridized carbons (Fsp3) is 0.333. The summed E-state index contributed by atoms with van der Waals surface area (Å²) in [5.41, 5.74) is 0.122. The van der Waals surface area contributed by atoms with Gasteiger partial charge in [-0.1, -0.05) is 11.2 Å². The number of alkyl halides is 3. The number of hydrogen-bond donors (Lipinski definition) is 1. The van der Waals surface area contributed by atoms with Crippen molar-refractivity contribution in [3.05, 3.63) is 40.9 Å². The smallest absolute Gasteiger partial charge is 0.361 e. The Hall–Kier alpha value is -2.05. The Bertz CT molecular complexity index is 556. The van der Waals surface area contributed by atoms with Gasteiger partial charge >= 0.3 is 6.18 Å². The van der Waals surface area contributed by atoms with Crippen LogP contribution < -0.4 is 5.32 Å². The van der Waals surface area contributed by atoms with Crippen molar-refractivity contribution >= 4 is 5.91 Å². The fourth-order valence-electron chi connectivity index (χ4n) is 1.71. The van der Waals surface area contributed by atoms with Gasteiger partial charge in [0.2, 0.25) is 0 Å². The monoisotopic (exact) mass is 272 g/mol. The van der Waals surface area contributed by atoms with E-state index in [-0.39, 0.29) is 18.4 Å². The van der Waals surface area contributed by atoms with Crippen LogP contribution in [0.15, 0.2) is 34.1 Å². The molecule has 1 amide bonds. The second-order valence-electron chi connectivity index (χ2n) is 4.13. The van der Waals surface area contributed by atoms with Gasteiger partial charge in [0.25, 0.3) is 5.91 Å². The molecule has 0 spiro atoms. The average Bonchev–Trinajstić information content (AvgIpc) is 2.75. The van der Waals surface area contributed by atoms with Crippen LogP contribution in [-0.2, 0) is 0 Å². The van der Waals surface area contributed by atoms with Gasteiger partial charge in [-0.15, -0.1) is 0 Å². The standard InChI is InChI=1S/C12H11F3N2O2/c1-7-10(6-16-19-7)11(18)17-9-4-2-8(3-5-9)12(13,14)15/h2,4,6H,3,5H2,1H3,(H,17,18). The Morgan fingerprint density at radius 3 is 2.58 bits per heavy atom. The van der Waals surface area contributed by atoms with Crippen LogP contribution in [0.4, 0.5) is 13.2 Å². The third-order valence-electron chi connectivity index (χ3n) is 2.78. The number of carbonyl (C=O) groups excluding carboxylic acids is 1. The second kappa shape index (κ2) is 4.91. The number of nitrogens with one attached hydrogen (secondary N) is 1. The number of nitrogens with zero attached hydrogens (tertiary/aromatic N) is 1. The molecule has 1 N–H and O–H groups in total. The summed E-state index contributed by atoms with van der Waals surface area (Å²) in [6, 6.07) is 0. The normalized spacial score (nSPS) is 15.8. The van der Waals surface area contributed by atoms with E-state index in [2.05, 4.69) is 10.5 Å². The first-order valence-electron chi connectivity index (χ1n) is 5.57. The molecule has 0 bridgehead atoms. The quantitative estimate of drug-likeness (QED) is 0.900. The number of hydrogen-bond acceptors (Lipinski definition) is 3. The first-order chi connectivity index (χ1) is 8.88. The summed E-state index contributed by atoms with van der Waals surface area (Å²) in [4.78, 5) is 11.8. The SMILES string of the molecule is Cc1oncc1C(=O)NC1=CC=C(C(F)(F)F)CC1. The van der Waals surface area contributed by atoms with Crippen molar-refractivity contribution in [3.8, 4) is 0 Å². The summed E-state index contributed by atoms with van der Waals surface area (Å²) in [6.45, 7) is 1.58. The molecule has 1 aliphatic carbocycles. The van der Waals surface area contributed by atoms with Crippen molar-refractivity contribution in [2.45, 2.75) is 25.9 Å². The molecular weight excluding hydrogens is 261 g/mol. The number of aryl methyl sites for hydroxylation is 1. The third-order valence-corrected chi connectivity index (χ3v) is 2.78. The van der Waals surface area contributed by atoms with Crippen LogP contribution in [-0.4, -0.2) is 17.2 Å². The Balaban J connectivity index is 2.06. The molecule has 2 rings (SSSR count). The lowest BCUT2D eigenvalue weighted by Crippen LogP contribution is -2.25. The highest BCUT2D eigenvalue weighted by atomic mass is 19.4. The van der Waals surface area contributed by atoms with Crippen molar-refractivity contribution in [3.63, 3.8) is 0 Å². The number of carbonyl (C=O) groups is 1. The van der Waals surface area contributed by atoms with Crippen LogP contribution in [0.2, 0.25) is 0 Å². The van der Waals surface area contributed by atoms with E-state index < -0.39 is 17.7 Å². The zero-order valence-electron chi connectivity index (χ0n) is 10.0. The van der Waals surface area contributed by atoms with E-state index in [0.29, 0.717) is 11.5 Å². The van der Waals surface area contributed by atoms with Crippen molar-refractivity contribution in [2.24, 2.45) is 0 Å². The molecule has 0 saturated carbocycles. The molecule has 19 heavy (non-hydrogen) atoms. The largest absolute Gasteiger partial charge is 0.412 e. The van der Waals surface area contributed by atoms with E-state index in [4.69, 9.17) is 4.52 Å². The fourth-order valence-corrected chi connectivity index (χ4v) is 1.71. The second-order valence-corrected chi connectivity index (χ2v) is 4.13. The molecular formula is C12H11F3N2O2. The first-order valence-corrected chi connectivity index (χ1v) is 5.57. The van der Waals surface area contributed by atoms with Crippen LogP contribution in [0.25, 0.3) is 0 Å². The van der Waals surface area contributed by atoms with Gasteiger partial charge in [0, 0.05) is 11.3 Å². The summed E-state index contributed by atoms with van der Waals surface area (Å²) in [5.74, 6) is -0.0747. The van der Waals surface area contributed by atoms with Gasteiger partial charge in [-0.2, -0.15) is 13.2 Å². The lowest BCUT2D eigenvalue weighted by atomic mass is 10.0. The summed E-state index contributed by atoms with van der Waals surface area (Å²) in [5, 5.41) is 6.01. The highest BCUT2D eigenvalue weighted by Gasteiger charge is 2.33. The molecule has 4 nitrogen and oxygen atoms in total. The maximum atomic E-state index is 12.4. The Morgan fingerprint density at radius 1 is 1.37 bits per heavy atom. The van der Waals surface area contributed by atoms with Crippen LogP contribution in [0.1, 0.15) is 29.0 Å². The Labute approximate surface area is 107 Å². The minimum absolute atomic E-state index is 0.140. The van der Waals surface area contributed by atoms with Gasteiger partial charge in [-0.05, 0) is 25.8 Å². The lowest BCUT2D eigenvalue weighted by molar-refractivity contribution is -0.0941. The Morgan fingerprint density at radius 2 is 2.11 bits per heavy atom. The van der Waals surface area contributed by atoms with Crippen molar-refractivity contribution in [2.75, 3.05) is 0 Å². The predicted molar refractivity (Wildman–Crippen MR) is 60.2 cm³/mol. The number of allylic oxidation sites excluding steroid dienone is 4. The maximum absolute atomic E-state index is 12.4. The number of aromatic nitrogens is 1. The minimum Gasteiger partial charge on any atom is -0.361 e. The predicted octanol–water partition coefficient (Wildman–Crippen LogP) is 2.88. The third kappa shape index (κ3) is 3.04. The van der Waals surface area contributed by atoms with Crippen LogP contribution in [0, 0.1) is 6.92 Å². The van der Waals surface area contributed by atoms with Gasteiger partial charge in [-0.25, -0.2) is 0 Å². The molecule has 0 aromatic carbocycles. The first kappa shape index (κ1) is 13.4. The average molecular weight is 272 g/mol. The number of halogens is 3. The van der Waals surface area contributed by atoms with E-state index in [1.807, 2.05) is 0 Å². The van der Waals surface area contributed by atoms with E-state index in [9.17, 15) is 18.0 Å². The van der Waals surface area contributed by atoms with Gasteiger partial charge in [-0.3, -0.25) is 4.79 Å². The van der Waals surface area contributed by atoms with Crippen LogP contribution >= 0.6 is 0 Å². The minimum atomic E-state index is -4.31. The summed E-state index contributed by atoms with van der Waals surface area (Å²) >= 11 is 0. The van der Waals surface area contributed by atoms with E-state index >= 15 is 0 Å². The summed E-state index contributed by atoms with van der Waals surface area (Å²) in [6.07, 6.45) is -0.783. The molecule has 1 aliphatic rings. The molecule has 102 valence electrons. The zero-order valence-corrected chi connectivity index (χ0v) is 10.0. The number of rotatable bonds is 2. The number of amides is 1. The van der Waals surface area contributed by atoms with E-state index in [1.165, 1.54) is 12.3 Å². The molecule has 0 radical (unpaired) electrons. The molecule has 1 aromatic rings. The Kier molecular flexibility index (Phi) is 3.46. The molecule has 0 aliphatic heterocycles. The van der Waals surface area contributed by atoms with Crippen molar-refractivity contribution in [1.82, 2.24) is 10.5 Å². The highest BCUT2D eigenvalue weighted by molar-refractivity contribution is 5.95. The van der Waals surface area contributed by atoms with Gasteiger partial charge < -0.3 is 9.84 Å². The molecule has 0 saturated heterocycles. The molecule has 1 aromatic heterocycles. The summed E-state index contributed by atoms with van der Waals surface area (Å²) in [7, 11) is 0. The van der Waals surface area contributed by atoms with Crippen LogP contribution in [0.5, 0.6) is 0 Å². The molecule has 0 atom stereocenters. The van der Waals surface area contributed by atoms with Crippen molar-refractivity contribution < 1.29 is 22.5 Å².